The number of thiocarbonyl (C=S) groups is 1. The second-order valence-electron chi connectivity index (χ2n) is 5.14. The van der Waals surface area contributed by atoms with Crippen LogP contribution in [0.1, 0.15) is 5.56 Å². The van der Waals surface area contributed by atoms with E-state index in [-0.39, 0.29) is 5.82 Å². The maximum Gasteiger partial charge on any atom is 0.175 e. The van der Waals surface area contributed by atoms with Crippen LogP contribution < -0.4 is 10.6 Å². The molecular weight excluding hydrogens is 347 g/mol. The molecule has 4 nitrogen and oxygen atoms in total. The first-order valence-corrected chi connectivity index (χ1v) is 7.97. The minimum absolute atomic E-state index is 0.289. The van der Waals surface area contributed by atoms with Gasteiger partial charge in [0, 0.05) is 16.9 Å². The number of anilines is 2. The third-order valence-corrected chi connectivity index (χ3v) is 3.71. The Labute approximate surface area is 149 Å². The highest BCUT2D eigenvalue weighted by molar-refractivity contribution is 7.80. The van der Waals surface area contributed by atoms with E-state index in [9.17, 15) is 4.39 Å². The van der Waals surface area contributed by atoms with Gasteiger partial charge in [0.25, 0.3) is 0 Å². The molecule has 24 heavy (non-hydrogen) atoms. The quantitative estimate of drug-likeness (QED) is 0.671. The molecule has 0 aliphatic heterocycles. The average Bonchev–Trinajstić information content (AvgIpc) is 2.99. The van der Waals surface area contributed by atoms with Gasteiger partial charge in [0.1, 0.15) is 5.82 Å². The normalized spacial score (nSPS) is 10.4. The Morgan fingerprint density at radius 2 is 1.71 bits per heavy atom. The van der Waals surface area contributed by atoms with Crippen LogP contribution in [0.3, 0.4) is 0 Å². The van der Waals surface area contributed by atoms with Crippen molar-refractivity contribution in [3.05, 3.63) is 77.3 Å². The number of halogens is 2. The Morgan fingerprint density at radius 3 is 2.42 bits per heavy atom. The predicted octanol–water partition coefficient (Wildman–Crippen LogP) is 4.53. The fraction of sp³-hybridized carbons (Fsp3) is 0.0588. The van der Waals surface area contributed by atoms with Crippen molar-refractivity contribution in [2.75, 3.05) is 10.6 Å². The number of nitrogens with zero attached hydrogens (tertiary/aromatic N) is 2. The van der Waals surface area contributed by atoms with Crippen molar-refractivity contribution in [2.45, 2.75) is 6.54 Å². The topological polar surface area (TPSA) is 41.9 Å². The first kappa shape index (κ1) is 16.4. The summed E-state index contributed by atoms with van der Waals surface area (Å²) in [5, 5.41) is 11.4. The van der Waals surface area contributed by atoms with Crippen molar-refractivity contribution in [1.82, 2.24) is 9.78 Å². The maximum absolute atomic E-state index is 12.9. The van der Waals surface area contributed by atoms with Crippen LogP contribution in [0.4, 0.5) is 15.8 Å². The molecule has 0 amide bonds. The van der Waals surface area contributed by atoms with Crippen LogP contribution in [-0.2, 0) is 6.54 Å². The van der Waals surface area contributed by atoms with Crippen molar-refractivity contribution >= 4 is 40.3 Å². The third kappa shape index (κ3) is 4.53. The number of benzene rings is 2. The number of nitrogens with one attached hydrogen (secondary N) is 2. The molecule has 0 aliphatic carbocycles. The molecule has 0 saturated carbocycles. The van der Waals surface area contributed by atoms with Crippen LogP contribution in [0.25, 0.3) is 0 Å². The largest absolute Gasteiger partial charge is 0.332 e. The highest BCUT2D eigenvalue weighted by atomic mass is 35.5. The van der Waals surface area contributed by atoms with Crippen LogP contribution in [0.5, 0.6) is 0 Å². The molecule has 0 fully saturated rings. The van der Waals surface area contributed by atoms with Gasteiger partial charge in [-0.15, -0.1) is 0 Å². The summed E-state index contributed by atoms with van der Waals surface area (Å²) < 4.78 is 14.7. The molecule has 1 aromatic heterocycles. The van der Waals surface area contributed by atoms with Crippen LogP contribution >= 0.6 is 23.8 Å². The van der Waals surface area contributed by atoms with Gasteiger partial charge in [0.05, 0.1) is 18.4 Å². The minimum Gasteiger partial charge on any atom is -0.332 e. The number of hydrogen-bond acceptors (Lipinski definition) is 2. The van der Waals surface area contributed by atoms with E-state index in [0.717, 1.165) is 11.3 Å². The predicted molar refractivity (Wildman–Crippen MR) is 99.0 cm³/mol. The molecule has 0 atom stereocenters. The number of rotatable bonds is 4. The molecule has 0 bridgehead atoms. The van der Waals surface area contributed by atoms with Gasteiger partial charge in [-0.2, -0.15) is 5.10 Å². The monoisotopic (exact) mass is 360 g/mol. The van der Waals surface area contributed by atoms with Crippen LogP contribution in [0.15, 0.2) is 60.9 Å². The van der Waals surface area contributed by atoms with Gasteiger partial charge in [0.15, 0.2) is 5.11 Å². The molecule has 2 aromatic carbocycles. The summed E-state index contributed by atoms with van der Waals surface area (Å²) in [4.78, 5) is 0. The molecule has 0 unspecified atom stereocenters. The molecule has 0 radical (unpaired) electrons. The molecule has 7 heteroatoms. The fourth-order valence-corrected chi connectivity index (χ4v) is 2.48. The van der Waals surface area contributed by atoms with Gasteiger partial charge in [0.2, 0.25) is 0 Å². The summed E-state index contributed by atoms with van der Waals surface area (Å²) in [6, 6.07) is 13.6. The summed E-state index contributed by atoms with van der Waals surface area (Å²) in [6.07, 6.45) is 3.54. The first-order chi connectivity index (χ1) is 11.6. The lowest BCUT2D eigenvalue weighted by atomic mass is 10.2. The molecule has 122 valence electrons. The smallest absolute Gasteiger partial charge is 0.175 e. The van der Waals surface area contributed by atoms with Gasteiger partial charge >= 0.3 is 0 Å². The third-order valence-electron chi connectivity index (χ3n) is 3.25. The average molecular weight is 361 g/mol. The van der Waals surface area contributed by atoms with Crippen LogP contribution in [-0.4, -0.2) is 14.9 Å². The molecular formula is C17H14ClFN4S. The first-order valence-electron chi connectivity index (χ1n) is 7.19. The highest BCUT2D eigenvalue weighted by Gasteiger charge is 2.03. The van der Waals surface area contributed by atoms with E-state index in [2.05, 4.69) is 15.7 Å². The Hall–Kier alpha value is -2.44. The van der Waals surface area contributed by atoms with E-state index >= 15 is 0 Å². The lowest BCUT2D eigenvalue weighted by molar-refractivity contribution is 0.628. The molecule has 3 aromatic rings. The van der Waals surface area contributed by atoms with Gasteiger partial charge < -0.3 is 10.6 Å². The number of hydrogen-bond donors (Lipinski definition) is 2. The van der Waals surface area contributed by atoms with Crippen molar-refractivity contribution in [3.63, 3.8) is 0 Å². The zero-order valence-electron chi connectivity index (χ0n) is 12.5. The molecule has 3 rings (SSSR count). The van der Waals surface area contributed by atoms with E-state index in [4.69, 9.17) is 23.8 Å². The van der Waals surface area contributed by atoms with E-state index < -0.39 is 0 Å². The van der Waals surface area contributed by atoms with Crippen LogP contribution in [0.2, 0.25) is 5.02 Å². The fourth-order valence-electron chi connectivity index (χ4n) is 2.12. The van der Waals surface area contributed by atoms with Crippen molar-refractivity contribution < 1.29 is 4.39 Å². The number of aromatic nitrogens is 2. The lowest BCUT2D eigenvalue weighted by Gasteiger charge is -2.08. The van der Waals surface area contributed by atoms with Crippen LogP contribution in [0, 0.1) is 5.82 Å². The van der Waals surface area contributed by atoms with E-state index in [1.165, 1.54) is 12.1 Å². The van der Waals surface area contributed by atoms with Gasteiger partial charge in [-0.1, -0.05) is 23.7 Å². The zero-order valence-corrected chi connectivity index (χ0v) is 14.1. The van der Waals surface area contributed by atoms with Gasteiger partial charge in [-0.3, -0.25) is 4.68 Å². The summed E-state index contributed by atoms with van der Waals surface area (Å²) in [7, 11) is 0. The van der Waals surface area contributed by atoms with Crippen molar-refractivity contribution in [3.8, 4) is 0 Å². The Kier molecular flexibility index (Phi) is 5.08. The highest BCUT2D eigenvalue weighted by Crippen LogP contribution is 2.13. The zero-order chi connectivity index (χ0) is 16.9. The lowest BCUT2D eigenvalue weighted by Crippen LogP contribution is -2.18. The SMILES string of the molecule is Fc1ccc(NC(=S)Nc2cnn(Cc3ccc(Cl)cc3)c2)cc1. The summed E-state index contributed by atoms with van der Waals surface area (Å²) in [6.45, 7) is 0.636. The molecule has 0 saturated heterocycles. The Bertz CT molecular complexity index is 831. The molecule has 0 aliphatic rings. The molecule has 2 N–H and O–H groups in total. The van der Waals surface area contributed by atoms with Crippen molar-refractivity contribution in [2.24, 2.45) is 0 Å². The minimum atomic E-state index is -0.289. The Balaban J connectivity index is 1.58. The summed E-state index contributed by atoms with van der Waals surface area (Å²) in [5.74, 6) is -0.289. The van der Waals surface area contributed by atoms with Crippen molar-refractivity contribution in [1.29, 1.82) is 0 Å². The van der Waals surface area contributed by atoms with Gasteiger partial charge in [-0.05, 0) is 54.2 Å². The Morgan fingerprint density at radius 1 is 1.04 bits per heavy atom. The standard InChI is InChI=1S/C17H14ClFN4S/c18-13-3-1-12(2-4-13)10-23-11-16(9-20-23)22-17(24)21-15-7-5-14(19)6-8-15/h1-9,11H,10H2,(H2,21,22,24). The second kappa shape index (κ2) is 7.42. The summed E-state index contributed by atoms with van der Waals surface area (Å²) >= 11 is 11.1. The summed E-state index contributed by atoms with van der Waals surface area (Å²) in [5.41, 5.74) is 2.58. The second-order valence-corrected chi connectivity index (χ2v) is 5.98. The van der Waals surface area contributed by atoms with E-state index in [1.54, 1.807) is 23.0 Å². The van der Waals surface area contributed by atoms with E-state index in [0.29, 0.717) is 22.4 Å². The molecule has 0 spiro atoms. The van der Waals surface area contributed by atoms with E-state index in [1.807, 2.05) is 30.5 Å². The molecule has 1 heterocycles. The van der Waals surface area contributed by atoms with Gasteiger partial charge in [-0.25, -0.2) is 4.39 Å². The maximum atomic E-state index is 12.9.